The second-order valence-corrected chi connectivity index (χ2v) is 9.21. The van der Waals surface area contributed by atoms with Crippen LogP contribution in [-0.4, -0.2) is 30.6 Å². The Balaban J connectivity index is 1.63. The Kier molecular flexibility index (Phi) is 5.26. The van der Waals surface area contributed by atoms with Crippen LogP contribution in [0, 0.1) is 20.8 Å². The van der Waals surface area contributed by atoms with Crippen LogP contribution in [0.1, 0.15) is 66.0 Å². The lowest BCUT2D eigenvalue weighted by atomic mass is 9.95. The van der Waals surface area contributed by atoms with E-state index in [0.29, 0.717) is 6.04 Å². The summed E-state index contributed by atoms with van der Waals surface area (Å²) in [4.78, 5) is 11.9. The molecular weight excluding hydrogens is 402 g/mol. The molecule has 0 spiro atoms. The largest absolute Gasteiger partial charge is 0.352 e. The predicted octanol–water partition coefficient (Wildman–Crippen LogP) is 5.11. The third-order valence-corrected chi connectivity index (χ3v) is 7.10. The van der Waals surface area contributed by atoms with Gasteiger partial charge in [-0.1, -0.05) is 25.0 Å². The Hall–Kier alpha value is -2.73. The van der Waals surface area contributed by atoms with Gasteiger partial charge in [0, 0.05) is 29.8 Å². The monoisotopic (exact) mass is 431 g/mol. The summed E-state index contributed by atoms with van der Waals surface area (Å²) in [6.07, 6.45) is 8.75. The van der Waals surface area contributed by atoms with E-state index < -0.39 is 0 Å². The molecule has 1 saturated heterocycles. The van der Waals surface area contributed by atoms with Crippen molar-refractivity contribution in [3.63, 3.8) is 0 Å². The molecule has 160 valence electrons. The van der Waals surface area contributed by atoms with E-state index in [1.807, 2.05) is 18.5 Å². The lowest BCUT2D eigenvalue weighted by Gasteiger charge is -2.33. The van der Waals surface area contributed by atoms with Crippen molar-refractivity contribution in [3.05, 3.63) is 77.0 Å². The van der Waals surface area contributed by atoms with Crippen molar-refractivity contribution < 1.29 is 0 Å². The molecule has 6 heteroatoms. The third kappa shape index (κ3) is 3.53. The Labute approximate surface area is 189 Å². The van der Waals surface area contributed by atoms with Crippen molar-refractivity contribution in [2.45, 2.75) is 64.6 Å². The lowest BCUT2D eigenvalue weighted by molar-refractivity contribution is 0.245. The first-order valence-electron chi connectivity index (χ1n) is 11.2. The summed E-state index contributed by atoms with van der Waals surface area (Å²) in [5, 5.41) is 4.47. The van der Waals surface area contributed by atoms with E-state index in [0.717, 1.165) is 16.6 Å². The van der Waals surface area contributed by atoms with Crippen molar-refractivity contribution in [1.29, 1.82) is 0 Å². The number of pyridine rings is 2. The van der Waals surface area contributed by atoms with Crippen LogP contribution in [0.3, 0.4) is 0 Å². The Morgan fingerprint density at radius 2 is 1.84 bits per heavy atom. The molecular formula is C25H29N5S. The molecule has 4 heterocycles. The third-order valence-electron chi connectivity index (χ3n) is 6.77. The van der Waals surface area contributed by atoms with E-state index in [4.69, 9.17) is 22.2 Å². The molecule has 2 aliphatic rings. The van der Waals surface area contributed by atoms with Crippen molar-refractivity contribution in [2.75, 3.05) is 0 Å². The van der Waals surface area contributed by atoms with Gasteiger partial charge in [0.15, 0.2) is 5.11 Å². The number of rotatable bonds is 4. The molecule has 0 aromatic carbocycles. The number of aromatic nitrogens is 3. The Bertz CT molecular complexity index is 1080. The van der Waals surface area contributed by atoms with Crippen molar-refractivity contribution in [3.8, 4) is 5.82 Å². The van der Waals surface area contributed by atoms with Gasteiger partial charge in [-0.2, -0.15) is 0 Å². The molecule has 5 rings (SSSR count). The average Bonchev–Trinajstić information content (AvgIpc) is 3.48. The second kappa shape index (κ2) is 8.08. The summed E-state index contributed by atoms with van der Waals surface area (Å²) in [6.45, 7) is 6.43. The summed E-state index contributed by atoms with van der Waals surface area (Å²) in [7, 11) is 0. The van der Waals surface area contributed by atoms with Crippen LogP contribution in [0.2, 0.25) is 0 Å². The summed E-state index contributed by atoms with van der Waals surface area (Å²) in [5.41, 5.74) is 5.91. The minimum Gasteiger partial charge on any atom is -0.352 e. The summed E-state index contributed by atoms with van der Waals surface area (Å²) in [5.74, 6) is 0.960. The van der Waals surface area contributed by atoms with Crippen LogP contribution in [0.25, 0.3) is 5.82 Å². The molecule has 2 fully saturated rings. The van der Waals surface area contributed by atoms with Crippen LogP contribution in [0.15, 0.2) is 48.8 Å². The molecule has 1 aliphatic carbocycles. The van der Waals surface area contributed by atoms with Crippen LogP contribution in [0.4, 0.5) is 0 Å². The fourth-order valence-corrected chi connectivity index (χ4v) is 5.70. The molecule has 0 amide bonds. The number of hydrogen-bond donors (Lipinski definition) is 1. The summed E-state index contributed by atoms with van der Waals surface area (Å²) >= 11 is 5.89. The zero-order valence-electron chi connectivity index (χ0n) is 18.4. The van der Waals surface area contributed by atoms with Crippen LogP contribution in [0.5, 0.6) is 0 Å². The predicted molar refractivity (Wildman–Crippen MR) is 127 cm³/mol. The molecule has 31 heavy (non-hydrogen) atoms. The highest BCUT2D eigenvalue weighted by molar-refractivity contribution is 7.80. The highest BCUT2D eigenvalue weighted by Crippen LogP contribution is 2.44. The van der Waals surface area contributed by atoms with Crippen molar-refractivity contribution >= 4 is 17.3 Å². The van der Waals surface area contributed by atoms with Crippen molar-refractivity contribution in [2.24, 2.45) is 0 Å². The van der Waals surface area contributed by atoms with E-state index in [-0.39, 0.29) is 12.1 Å². The van der Waals surface area contributed by atoms with E-state index >= 15 is 0 Å². The van der Waals surface area contributed by atoms with Gasteiger partial charge in [0.25, 0.3) is 0 Å². The summed E-state index contributed by atoms with van der Waals surface area (Å²) < 4.78 is 2.26. The quantitative estimate of drug-likeness (QED) is 0.582. The minimum atomic E-state index is 0.0363. The maximum absolute atomic E-state index is 5.89. The fraction of sp³-hybridized carbons (Fsp3) is 0.400. The zero-order valence-corrected chi connectivity index (χ0v) is 19.2. The molecule has 0 bridgehead atoms. The van der Waals surface area contributed by atoms with Gasteiger partial charge in [-0.25, -0.2) is 4.98 Å². The van der Waals surface area contributed by atoms with Crippen molar-refractivity contribution in [1.82, 2.24) is 24.8 Å². The SMILES string of the molecule is Cc1ccc(-n2c(C)cc(C3C(c4ccccn4)NC(=S)N3C3CCCC3)c2C)nc1. The van der Waals surface area contributed by atoms with Gasteiger partial charge in [-0.05, 0) is 81.2 Å². The van der Waals surface area contributed by atoms with Gasteiger partial charge in [-0.3, -0.25) is 4.98 Å². The minimum absolute atomic E-state index is 0.0363. The van der Waals surface area contributed by atoms with Gasteiger partial charge in [-0.15, -0.1) is 0 Å². The summed E-state index contributed by atoms with van der Waals surface area (Å²) in [6, 6.07) is 13.3. The standard InChI is InChI=1S/C25H29N5S/c1-16-11-12-22(27-15-16)29-17(2)14-20(18(29)3)24-23(21-10-6-7-13-26-21)28-25(31)30(24)19-8-4-5-9-19/h6-7,10-15,19,23-24H,4-5,8-9H2,1-3H3,(H,28,31). The molecule has 0 radical (unpaired) electrons. The van der Waals surface area contributed by atoms with Gasteiger partial charge < -0.3 is 14.8 Å². The van der Waals surface area contributed by atoms with Gasteiger partial charge >= 0.3 is 0 Å². The van der Waals surface area contributed by atoms with E-state index in [9.17, 15) is 0 Å². The molecule has 1 saturated carbocycles. The van der Waals surface area contributed by atoms with E-state index in [1.54, 1.807) is 0 Å². The van der Waals surface area contributed by atoms with E-state index in [2.05, 4.69) is 65.9 Å². The Morgan fingerprint density at radius 1 is 1.03 bits per heavy atom. The molecule has 2 atom stereocenters. The number of nitrogens with one attached hydrogen (secondary N) is 1. The molecule has 3 aromatic rings. The first-order chi connectivity index (χ1) is 15.0. The maximum atomic E-state index is 5.89. The lowest BCUT2D eigenvalue weighted by Crippen LogP contribution is -2.37. The average molecular weight is 432 g/mol. The Morgan fingerprint density at radius 3 is 2.52 bits per heavy atom. The normalized spacial score (nSPS) is 21.6. The highest BCUT2D eigenvalue weighted by Gasteiger charge is 2.44. The number of nitrogens with zero attached hydrogens (tertiary/aromatic N) is 4. The van der Waals surface area contributed by atoms with Gasteiger partial charge in [0.1, 0.15) is 5.82 Å². The fourth-order valence-electron chi connectivity index (χ4n) is 5.31. The first-order valence-corrected chi connectivity index (χ1v) is 11.6. The molecule has 2 unspecified atom stereocenters. The smallest absolute Gasteiger partial charge is 0.170 e. The molecule has 5 nitrogen and oxygen atoms in total. The van der Waals surface area contributed by atoms with Crippen LogP contribution in [-0.2, 0) is 0 Å². The van der Waals surface area contributed by atoms with Gasteiger partial charge in [0.2, 0.25) is 0 Å². The highest BCUT2D eigenvalue weighted by atomic mass is 32.1. The first kappa shape index (κ1) is 20.2. The topological polar surface area (TPSA) is 46.0 Å². The molecule has 3 aromatic heterocycles. The number of thiocarbonyl (C=S) groups is 1. The second-order valence-electron chi connectivity index (χ2n) is 8.83. The number of aryl methyl sites for hydroxylation is 2. The van der Waals surface area contributed by atoms with Crippen LogP contribution < -0.4 is 5.32 Å². The number of hydrogen-bond acceptors (Lipinski definition) is 3. The zero-order chi connectivity index (χ0) is 21.5. The van der Waals surface area contributed by atoms with Gasteiger partial charge in [0.05, 0.1) is 17.8 Å². The van der Waals surface area contributed by atoms with E-state index in [1.165, 1.54) is 48.2 Å². The maximum Gasteiger partial charge on any atom is 0.170 e. The van der Waals surface area contributed by atoms with Crippen LogP contribution >= 0.6 is 12.2 Å². The molecule has 1 N–H and O–H groups in total. The molecule has 1 aliphatic heterocycles.